The lowest BCUT2D eigenvalue weighted by atomic mass is 10.2. The summed E-state index contributed by atoms with van der Waals surface area (Å²) in [6.07, 6.45) is 2.62. The number of rotatable bonds is 8. The van der Waals surface area contributed by atoms with Gasteiger partial charge in [0.2, 0.25) is 0 Å². The van der Waals surface area contributed by atoms with Crippen LogP contribution in [-0.4, -0.2) is 31.1 Å². The van der Waals surface area contributed by atoms with Gasteiger partial charge in [0.05, 0.1) is 0 Å². The SMILES string of the molecule is CC(C)N(C(=O)COC(=O)C=Cc1ccc(OC(F)F)cc1)c1ccccc1. The Hall–Kier alpha value is -3.22. The molecular weight excluding hydrogens is 368 g/mol. The molecule has 0 aliphatic rings. The van der Waals surface area contributed by atoms with E-state index >= 15 is 0 Å². The molecule has 0 aliphatic carbocycles. The lowest BCUT2D eigenvalue weighted by Crippen LogP contribution is -2.39. The average Bonchev–Trinajstić information content (AvgIpc) is 2.66. The van der Waals surface area contributed by atoms with Crippen molar-refractivity contribution in [1.29, 1.82) is 0 Å². The van der Waals surface area contributed by atoms with E-state index in [2.05, 4.69) is 4.74 Å². The van der Waals surface area contributed by atoms with Gasteiger partial charge in [0, 0.05) is 17.8 Å². The first-order valence-electron chi connectivity index (χ1n) is 8.63. The van der Waals surface area contributed by atoms with Crippen LogP contribution in [0.25, 0.3) is 6.08 Å². The number of esters is 1. The number of ether oxygens (including phenoxy) is 2. The molecule has 0 saturated carbocycles. The van der Waals surface area contributed by atoms with E-state index in [0.29, 0.717) is 5.56 Å². The maximum atomic E-state index is 12.4. The third-order valence-corrected chi connectivity index (χ3v) is 3.67. The van der Waals surface area contributed by atoms with Gasteiger partial charge < -0.3 is 14.4 Å². The molecule has 0 N–H and O–H groups in total. The van der Waals surface area contributed by atoms with Gasteiger partial charge in [0.15, 0.2) is 6.61 Å². The molecule has 28 heavy (non-hydrogen) atoms. The van der Waals surface area contributed by atoms with Crippen LogP contribution >= 0.6 is 0 Å². The third kappa shape index (κ3) is 6.50. The van der Waals surface area contributed by atoms with E-state index < -0.39 is 19.2 Å². The summed E-state index contributed by atoms with van der Waals surface area (Å²) < 4.78 is 33.5. The van der Waals surface area contributed by atoms with Gasteiger partial charge in [-0.15, -0.1) is 0 Å². The molecular formula is C21H21F2NO4. The first-order valence-corrected chi connectivity index (χ1v) is 8.63. The molecule has 2 rings (SSSR count). The molecule has 0 fully saturated rings. The first kappa shape index (κ1) is 21.1. The largest absolute Gasteiger partial charge is 0.452 e. The topological polar surface area (TPSA) is 55.8 Å². The fourth-order valence-electron chi connectivity index (χ4n) is 2.49. The summed E-state index contributed by atoms with van der Waals surface area (Å²) in [5.74, 6) is -0.996. The van der Waals surface area contributed by atoms with Crippen LogP contribution < -0.4 is 9.64 Å². The zero-order valence-corrected chi connectivity index (χ0v) is 15.5. The standard InChI is InChI=1S/C21H21F2NO4/c1-15(2)24(17-6-4-3-5-7-17)19(25)14-27-20(26)13-10-16-8-11-18(12-9-16)28-21(22)23/h3-13,15,21H,14H2,1-2H3. The highest BCUT2D eigenvalue weighted by Gasteiger charge is 2.19. The highest BCUT2D eigenvalue weighted by atomic mass is 19.3. The Morgan fingerprint density at radius 1 is 1.04 bits per heavy atom. The second-order valence-corrected chi connectivity index (χ2v) is 6.08. The Balaban J connectivity index is 1.90. The molecule has 2 aromatic carbocycles. The monoisotopic (exact) mass is 389 g/mol. The summed E-state index contributed by atoms with van der Waals surface area (Å²) in [5, 5.41) is 0. The van der Waals surface area contributed by atoms with Gasteiger partial charge in [-0.2, -0.15) is 8.78 Å². The number of carbonyl (C=O) groups excluding carboxylic acids is 2. The van der Waals surface area contributed by atoms with Crippen LogP contribution in [-0.2, 0) is 14.3 Å². The Labute approximate surface area is 162 Å². The quantitative estimate of drug-likeness (QED) is 0.499. The molecule has 0 heterocycles. The van der Waals surface area contributed by atoms with Crippen molar-refractivity contribution >= 4 is 23.6 Å². The van der Waals surface area contributed by atoms with Crippen molar-refractivity contribution in [3.63, 3.8) is 0 Å². The van der Waals surface area contributed by atoms with E-state index in [1.54, 1.807) is 17.0 Å². The number of hydrogen-bond acceptors (Lipinski definition) is 4. The molecule has 148 valence electrons. The number of alkyl halides is 2. The van der Waals surface area contributed by atoms with Crippen LogP contribution in [0.1, 0.15) is 19.4 Å². The normalized spacial score (nSPS) is 11.1. The fourth-order valence-corrected chi connectivity index (χ4v) is 2.49. The number of amides is 1. The minimum absolute atomic E-state index is 0.0232. The summed E-state index contributed by atoms with van der Waals surface area (Å²) in [6.45, 7) is 0.453. The molecule has 0 radical (unpaired) electrons. The molecule has 0 saturated heterocycles. The Kier molecular flexibility index (Phi) is 7.68. The summed E-state index contributed by atoms with van der Waals surface area (Å²) in [6, 6.07) is 14.8. The molecule has 0 spiro atoms. The molecule has 1 amide bonds. The maximum absolute atomic E-state index is 12.4. The lowest BCUT2D eigenvalue weighted by molar-refractivity contribution is -0.143. The molecule has 5 nitrogen and oxygen atoms in total. The second kappa shape index (κ2) is 10.2. The third-order valence-electron chi connectivity index (χ3n) is 3.67. The molecule has 7 heteroatoms. The van der Waals surface area contributed by atoms with Gasteiger partial charge in [-0.3, -0.25) is 4.79 Å². The van der Waals surface area contributed by atoms with E-state index in [9.17, 15) is 18.4 Å². The molecule has 0 aliphatic heterocycles. The van der Waals surface area contributed by atoms with Gasteiger partial charge in [0.25, 0.3) is 5.91 Å². The van der Waals surface area contributed by atoms with Crippen molar-refractivity contribution in [3.8, 4) is 5.75 Å². The van der Waals surface area contributed by atoms with Gasteiger partial charge in [-0.25, -0.2) is 4.79 Å². The number of benzene rings is 2. The van der Waals surface area contributed by atoms with Crippen LogP contribution in [0.3, 0.4) is 0 Å². The summed E-state index contributed by atoms with van der Waals surface area (Å²) in [4.78, 5) is 25.9. The highest BCUT2D eigenvalue weighted by Crippen LogP contribution is 2.17. The predicted octanol–water partition coefficient (Wildman–Crippen LogP) is 4.29. The number of anilines is 1. The van der Waals surface area contributed by atoms with Crippen molar-refractivity contribution in [3.05, 3.63) is 66.2 Å². The molecule has 2 aromatic rings. The smallest absolute Gasteiger partial charge is 0.387 e. The van der Waals surface area contributed by atoms with E-state index in [0.717, 1.165) is 5.69 Å². The van der Waals surface area contributed by atoms with Gasteiger partial charge in [-0.05, 0) is 49.8 Å². The maximum Gasteiger partial charge on any atom is 0.387 e. The Morgan fingerprint density at radius 2 is 1.68 bits per heavy atom. The summed E-state index contributed by atoms with van der Waals surface area (Å²) >= 11 is 0. The summed E-state index contributed by atoms with van der Waals surface area (Å²) in [5.41, 5.74) is 1.32. The minimum Gasteiger partial charge on any atom is -0.452 e. The minimum atomic E-state index is -2.89. The van der Waals surface area contributed by atoms with Gasteiger partial charge in [-0.1, -0.05) is 30.3 Å². The van der Waals surface area contributed by atoms with Gasteiger partial charge >= 0.3 is 12.6 Å². The Bertz CT molecular complexity index is 805. The average molecular weight is 389 g/mol. The second-order valence-electron chi connectivity index (χ2n) is 6.08. The zero-order valence-electron chi connectivity index (χ0n) is 15.5. The molecule has 0 unspecified atom stereocenters. The van der Waals surface area contributed by atoms with E-state index in [1.165, 1.54) is 36.4 Å². The van der Waals surface area contributed by atoms with Crippen molar-refractivity contribution in [1.82, 2.24) is 0 Å². The van der Waals surface area contributed by atoms with E-state index in [1.807, 2.05) is 32.0 Å². The Morgan fingerprint density at radius 3 is 2.25 bits per heavy atom. The van der Waals surface area contributed by atoms with E-state index in [-0.39, 0.29) is 17.7 Å². The van der Waals surface area contributed by atoms with Crippen molar-refractivity contribution in [2.45, 2.75) is 26.5 Å². The predicted molar refractivity (Wildman–Crippen MR) is 102 cm³/mol. The van der Waals surface area contributed by atoms with Crippen molar-refractivity contribution in [2.24, 2.45) is 0 Å². The fraction of sp³-hybridized carbons (Fsp3) is 0.238. The van der Waals surface area contributed by atoms with Crippen LogP contribution in [0.5, 0.6) is 5.75 Å². The van der Waals surface area contributed by atoms with Crippen LogP contribution in [0.2, 0.25) is 0 Å². The zero-order chi connectivity index (χ0) is 20.5. The van der Waals surface area contributed by atoms with Crippen LogP contribution in [0.15, 0.2) is 60.7 Å². The number of carbonyl (C=O) groups is 2. The van der Waals surface area contributed by atoms with Crippen LogP contribution in [0, 0.1) is 0 Å². The van der Waals surface area contributed by atoms with Gasteiger partial charge in [0.1, 0.15) is 5.75 Å². The highest BCUT2D eigenvalue weighted by molar-refractivity contribution is 5.96. The lowest BCUT2D eigenvalue weighted by Gasteiger charge is -2.26. The molecule has 0 atom stereocenters. The van der Waals surface area contributed by atoms with E-state index in [4.69, 9.17) is 4.74 Å². The first-order chi connectivity index (χ1) is 13.4. The number of hydrogen-bond donors (Lipinski definition) is 0. The summed E-state index contributed by atoms with van der Waals surface area (Å²) in [7, 11) is 0. The molecule has 0 aromatic heterocycles. The van der Waals surface area contributed by atoms with Crippen molar-refractivity contribution in [2.75, 3.05) is 11.5 Å². The number of halogens is 2. The van der Waals surface area contributed by atoms with Crippen molar-refractivity contribution < 1.29 is 27.8 Å². The van der Waals surface area contributed by atoms with Crippen LogP contribution in [0.4, 0.5) is 14.5 Å². The molecule has 0 bridgehead atoms. The number of nitrogens with zero attached hydrogens (tertiary/aromatic N) is 1. The number of para-hydroxylation sites is 1.